The Morgan fingerprint density at radius 3 is 2.68 bits per heavy atom. The molecule has 0 aliphatic carbocycles. The number of aromatic carboxylic acids is 1. The average Bonchev–Trinajstić information content (AvgIpc) is 2.52. The van der Waals surface area contributed by atoms with E-state index in [2.05, 4.69) is 9.97 Å². The van der Waals surface area contributed by atoms with E-state index >= 15 is 0 Å². The van der Waals surface area contributed by atoms with E-state index in [-0.39, 0.29) is 15.9 Å². The Morgan fingerprint density at radius 2 is 2.00 bits per heavy atom. The van der Waals surface area contributed by atoms with E-state index in [0.717, 1.165) is 5.56 Å². The molecule has 3 aromatic rings. The van der Waals surface area contributed by atoms with Crippen LogP contribution in [0.3, 0.4) is 0 Å². The van der Waals surface area contributed by atoms with Gasteiger partial charge in [0.15, 0.2) is 4.77 Å². The molecular weight excluding hydrogens is 302 g/mol. The van der Waals surface area contributed by atoms with Gasteiger partial charge in [0, 0.05) is 12.4 Å². The van der Waals surface area contributed by atoms with E-state index in [0.29, 0.717) is 17.4 Å². The van der Waals surface area contributed by atoms with Crippen molar-refractivity contribution in [3.05, 3.63) is 69.0 Å². The van der Waals surface area contributed by atoms with E-state index in [9.17, 15) is 9.59 Å². The number of fused-ring (bicyclic) bond motifs is 1. The number of benzene rings is 1. The summed E-state index contributed by atoms with van der Waals surface area (Å²) in [7, 11) is 0. The summed E-state index contributed by atoms with van der Waals surface area (Å²) in [5.41, 5.74) is 1.16. The van der Waals surface area contributed by atoms with Gasteiger partial charge in [0.25, 0.3) is 5.56 Å². The summed E-state index contributed by atoms with van der Waals surface area (Å²) in [5.74, 6) is -1.05. The third-order valence-electron chi connectivity index (χ3n) is 3.32. The standard InChI is InChI=1S/C15H11N3O3S/c19-13-11-2-1-10(14(20)21)7-12(11)17-15(22)18(13)8-9-3-5-16-6-4-9/h1-7H,8H2,(H,17,22)(H,20,21). The van der Waals surface area contributed by atoms with Gasteiger partial charge in [-0.15, -0.1) is 0 Å². The second kappa shape index (κ2) is 5.53. The van der Waals surface area contributed by atoms with Crippen LogP contribution in [0.2, 0.25) is 0 Å². The predicted molar refractivity (Wildman–Crippen MR) is 83.7 cm³/mol. The lowest BCUT2D eigenvalue weighted by Gasteiger charge is -2.08. The highest BCUT2D eigenvalue weighted by Gasteiger charge is 2.09. The Labute approximate surface area is 129 Å². The van der Waals surface area contributed by atoms with Crippen LogP contribution in [0.4, 0.5) is 0 Å². The first-order valence-corrected chi connectivity index (χ1v) is 6.86. The molecule has 1 aromatic carbocycles. The van der Waals surface area contributed by atoms with Gasteiger partial charge in [-0.3, -0.25) is 14.3 Å². The first-order valence-electron chi connectivity index (χ1n) is 6.45. The average molecular weight is 313 g/mol. The van der Waals surface area contributed by atoms with Crippen LogP contribution in [0.25, 0.3) is 10.9 Å². The second-order valence-electron chi connectivity index (χ2n) is 4.74. The summed E-state index contributed by atoms with van der Waals surface area (Å²) >= 11 is 5.22. The minimum atomic E-state index is -1.05. The minimum absolute atomic E-state index is 0.101. The van der Waals surface area contributed by atoms with Crippen LogP contribution in [0, 0.1) is 4.77 Å². The van der Waals surface area contributed by atoms with Crippen molar-refractivity contribution in [1.29, 1.82) is 0 Å². The van der Waals surface area contributed by atoms with Gasteiger partial charge in [-0.1, -0.05) is 0 Å². The first-order chi connectivity index (χ1) is 10.6. The van der Waals surface area contributed by atoms with Gasteiger partial charge in [-0.25, -0.2) is 4.79 Å². The van der Waals surface area contributed by atoms with Crippen molar-refractivity contribution in [1.82, 2.24) is 14.5 Å². The molecule has 0 saturated heterocycles. The predicted octanol–water partition coefficient (Wildman–Crippen LogP) is 2.20. The molecule has 0 bridgehead atoms. The molecule has 22 heavy (non-hydrogen) atoms. The third kappa shape index (κ3) is 2.53. The summed E-state index contributed by atoms with van der Waals surface area (Å²) < 4.78 is 1.69. The van der Waals surface area contributed by atoms with Gasteiger partial charge in [0.2, 0.25) is 0 Å². The van der Waals surface area contributed by atoms with Crippen molar-refractivity contribution < 1.29 is 9.90 Å². The van der Waals surface area contributed by atoms with Crippen molar-refractivity contribution in [2.75, 3.05) is 0 Å². The second-order valence-corrected chi connectivity index (χ2v) is 5.13. The zero-order valence-electron chi connectivity index (χ0n) is 11.3. The number of aromatic amines is 1. The molecule has 2 heterocycles. The molecule has 3 rings (SSSR count). The van der Waals surface area contributed by atoms with Crippen LogP contribution in [-0.2, 0) is 6.54 Å². The summed E-state index contributed by atoms with van der Waals surface area (Å²) in [4.78, 5) is 30.4. The van der Waals surface area contributed by atoms with Crippen molar-refractivity contribution >= 4 is 29.1 Å². The molecule has 0 amide bonds. The lowest BCUT2D eigenvalue weighted by Crippen LogP contribution is -2.23. The number of hydrogen-bond donors (Lipinski definition) is 2. The van der Waals surface area contributed by atoms with Crippen molar-refractivity contribution in [2.24, 2.45) is 0 Å². The number of aromatic nitrogens is 3. The largest absolute Gasteiger partial charge is 0.478 e. The Kier molecular flexibility index (Phi) is 3.56. The number of rotatable bonds is 3. The number of carboxylic acids is 1. The molecule has 0 aliphatic rings. The fourth-order valence-corrected chi connectivity index (χ4v) is 2.46. The molecule has 0 fully saturated rings. The molecule has 0 aliphatic heterocycles. The number of hydrogen-bond acceptors (Lipinski definition) is 4. The van der Waals surface area contributed by atoms with Crippen LogP contribution in [0.15, 0.2) is 47.5 Å². The summed E-state index contributed by atoms with van der Waals surface area (Å²) in [5, 5.41) is 9.40. The van der Waals surface area contributed by atoms with Crippen molar-refractivity contribution in [3.8, 4) is 0 Å². The molecular formula is C15H11N3O3S. The first kappa shape index (κ1) is 14.2. The number of nitrogens with zero attached hydrogens (tertiary/aromatic N) is 2. The summed E-state index contributed by atoms with van der Waals surface area (Å²) in [6, 6.07) is 7.92. The molecule has 7 heteroatoms. The monoisotopic (exact) mass is 313 g/mol. The Hall–Kier alpha value is -2.80. The van der Waals surface area contributed by atoms with Gasteiger partial charge >= 0.3 is 5.97 Å². The zero-order chi connectivity index (χ0) is 15.7. The summed E-state index contributed by atoms with van der Waals surface area (Å²) in [6.07, 6.45) is 3.29. The van der Waals surface area contributed by atoms with E-state index < -0.39 is 5.97 Å². The molecule has 0 saturated carbocycles. The van der Waals surface area contributed by atoms with Crippen LogP contribution in [0.5, 0.6) is 0 Å². The fraction of sp³-hybridized carbons (Fsp3) is 0.0667. The topological polar surface area (TPSA) is 88.0 Å². The Morgan fingerprint density at radius 1 is 1.27 bits per heavy atom. The molecule has 0 unspecified atom stereocenters. The Balaban J connectivity index is 2.17. The van der Waals surface area contributed by atoms with Crippen molar-refractivity contribution in [2.45, 2.75) is 6.54 Å². The van der Waals surface area contributed by atoms with Crippen molar-refractivity contribution in [3.63, 3.8) is 0 Å². The third-order valence-corrected chi connectivity index (χ3v) is 3.64. The highest BCUT2D eigenvalue weighted by atomic mass is 32.1. The van der Waals surface area contributed by atoms with Crippen LogP contribution in [0.1, 0.15) is 15.9 Å². The fourth-order valence-electron chi connectivity index (χ4n) is 2.20. The number of pyridine rings is 1. The number of H-pyrrole nitrogens is 1. The van der Waals surface area contributed by atoms with E-state index in [1.54, 1.807) is 24.5 Å². The van der Waals surface area contributed by atoms with Gasteiger partial charge in [0.1, 0.15) is 0 Å². The number of carboxylic acid groups (broad SMARTS) is 1. The highest BCUT2D eigenvalue weighted by Crippen LogP contribution is 2.11. The highest BCUT2D eigenvalue weighted by molar-refractivity contribution is 7.71. The van der Waals surface area contributed by atoms with Gasteiger partial charge < -0.3 is 10.1 Å². The van der Waals surface area contributed by atoms with E-state index in [1.807, 2.05) is 0 Å². The van der Waals surface area contributed by atoms with Crippen LogP contribution >= 0.6 is 12.2 Å². The number of nitrogens with one attached hydrogen (secondary N) is 1. The normalized spacial score (nSPS) is 10.7. The maximum absolute atomic E-state index is 12.5. The quantitative estimate of drug-likeness (QED) is 0.724. The lowest BCUT2D eigenvalue weighted by atomic mass is 10.1. The molecule has 6 nitrogen and oxygen atoms in total. The van der Waals surface area contributed by atoms with E-state index in [4.69, 9.17) is 17.3 Å². The van der Waals surface area contributed by atoms with Gasteiger partial charge in [-0.2, -0.15) is 0 Å². The maximum atomic E-state index is 12.5. The Bertz CT molecular complexity index is 977. The molecule has 2 N–H and O–H groups in total. The molecule has 0 spiro atoms. The maximum Gasteiger partial charge on any atom is 0.335 e. The van der Waals surface area contributed by atoms with Gasteiger partial charge in [0.05, 0.1) is 23.0 Å². The molecule has 110 valence electrons. The molecule has 0 radical (unpaired) electrons. The van der Waals surface area contributed by atoms with Crippen LogP contribution in [-0.4, -0.2) is 25.6 Å². The van der Waals surface area contributed by atoms with E-state index in [1.165, 1.54) is 22.8 Å². The van der Waals surface area contributed by atoms with Gasteiger partial charge in [-0.05, 0) is 48.1 Å². The minimum Gasteiger partial charge on any atom is -0.478 e. The smallest absolute Gasteiger partial charge is 0.335 e. The summed E-state index contributed by atoms with van der Waals surface area (Å²) in [6.45, 7) is 0.327. The zero-order valence-corrected chi connectivity index (χ0v) is 12.1. The van der Waals surface area contributed by atoms with Crippen LogP contribution < -0.4 is 5.56 Å². The SMILES string of the molecule is O=C(O)c1ccc2c(=O)n(Cc3ccncc3)c(=S)[nH]c2c1. The number of carbonyl (C=O) groups is 1. The molecule has 0 atom stereocenters. The molecule has 2 aromatic heterocycles. The lowest BCUT2D eigenvalue weighted by molar-refractivity contribution is 0.0697.